The number of ether oxygens (including phenoxy) is 1. The Balaban J connectivity index is 1.94. The van der Waals surface area contributed by atoms with Crippen LogP contribution in [0.25, 0.3) is 0 Å². The van der Waals surface area contributed by atoms with Gasteiger partial charge in [-0.15, -0.1) is 0 Å². The van der Waals surface area contributed by atoms with Crippen molar-refractivity contribution in [1.82, 2.24) is 0 Å². The molecule has 0 aliphatic carbocycles. The molecule has 0 saturated carbocycles. The Morgan fingerprint density at radius 1 is 1.17 bits per heavy atom. The first-order chi connectivity index (χ1) is 11.3. The van der Waals surface area contributed by atoms with Gasteiger partial charge >= 0.3 is 0 Å². The van der Waals surface area contributed by atoms with E-state index in [1.165, 1.54) is 36.1 Å². The fourth-order valence-corrected chi connectivity index (χ4v) is 2.99. The Hall–Kier alpha value is -2.31. The van der Waals surface area contributed by atoms with E-state index in [9.17, 15) is 14.3 Å². The molecule has 124 valence electrons. The van der Waals surface area contributed by atoms with Gasteiger partial charge in [0.1, 0.15) is 11.9 Å². The van der Waals surface area contributed by atoms with Crippen LogP contribution in [0, 0.1) is 12.7 Å². The molecule has 1 N–H and O–H groups in total. The number of aliphatic hydroxyl groups is 1. The molecule has 1 saturated heterocycles. The van der Waals surface area contributed by atoms with Gasteiger partial charge in [0.15, 0.2) is 0 Å². The molecular formula is C18H16FNO3S. The van der Waals surface area contributed by atoms with Crippen molar-refractivity contribution in [2.75, 3.05) is 4.90 Å². The van der Waals surface area contributed by atoms with Crippen LogP contribution in [0.15, 0.2) is 48.5 Å². The normalized spacial score (nSPS) is 21.8. The molecule has 6 heteroatoms. The summed E-state index contributed by atoms with van der Waals surface area (Å²) >= 11 is 5.18. The fourth-order valence-electron chi connectivity index (χ4n) is 2.63. The summed E-state index contributed by atoms with van der Waals surface area (Å²) < 4.78 is 18.6. The van der Waals surface area contributed by atoms with Gasteiger partial charge in [-0.3, -0.25) is 4.79 Å². The van der Waals surface area contributed by atoms with Crippen LogP contribution in [0.2, 0.25) is 0 Å². The van der Waals surface area contributed by atoms with Crippen LogP contribution in [0.3, 0.4) is 0 Å². The number of anilines is 1. The first-order valence-electron chi connectivity index (χ1n) is 7.40. The van der Waals surface area contributed by atoms with Crippen LogP contribution < -0.4 is 4.90 Å². The highest BCUT2D eigenvalue weighted by molar-refractivity contribution is 7.80. The number of benzene rings is 2. The molecule has 1 fully saturated rings. The average molecular weight is 345 g/mol. The van der Waals surface area contributed by atoms with E-state index in [1.807, 2.05) is 19.1 Å². The van der Waals surface area contributed by atoms with Crippen molar-refractivity contribution in [2.45, 2.75) is 25.6 Å². The molecule has 3 rings (SSSR count). The van der Waals surface area contributed by atoms with Gasteiger partial charge in [-0.1, -0.05) is 29.8 Å². The minimum Gasteiger partial charge on any atom is -0.451 e. The van der Waals surface area contributed by atoms with Crippen LogP contribution in [0.4, 0.5) is 10.1 Å². The van der Waals surface area contributed by atoms with Crippen LogP contribution >= 0.6 is 12.2 Å². The number of nitrogens with zero attached hydrogens (tertiary/aromatic N) is 1. The zero-order valence-electron chi connectivity index (χ0n) is 13.2. The molecule has 1 aliphatic heterocycles. The number of amides is 1. The summed E-state index contributed by atoms with van der Waals surface area (Å²) in [4.78, 5) is 14.1. The zero-order chi connectivity index (χ0) is 17.5. The minimum absolute atomic E-state index is 0.0208. The van der Waals surface area contributed by atoms with Gasteiger partial charge in [-0.25, -0.2) is 9.29 Å². The van der Waals surface area contributed by atoms with Crippen molar-refractivity contribution in [3.8, 4) is 0 Å². The van der Waals surface area contributed by atoms with Gasteiger partial charge in [0, 0.05) is 0 Å². The number of carbonyl (C=O) groups excluding carboxylic acids is 1. The molecule has 4 nitrogen and oxygen atoms in total. The Morgan fingerprint density at radius 2 is 1.75 bits per heavy atom. The minimum atomic E-state index is -1.57. The number of aliphatic hydroxyl groups excluding tert-OH is 1. The molecule has 1 heterocycles. The third-order valence-electron chi connectivity index (χ3n) is 4.11. The fraction of sp³-hybridized carbons (Fsp3) is 0.222. The maximum absolute atomic E-state index is 13.1. The van der Waals surface area contributed by atoms with Crippen LogP contribution in [-0.2, 0) is 9.53 Å². The molecule has 2 aromatic carbocycles. The number of halogens is 1. The molecule has 2 aromatic rings. The molecule has 0 spiro atoms. The van der Waals surface area contributed by atoms with Crippen LogP contribution in [0.5, 0.6) is 0 Å². The molecule has 0 bridgehead atoms. The second-order valence-corrected chi connectivity index (χ2v) is 6.25. The lowest BCUT2D eigenvalue weighted by molar-refractivity contribution is -0.137. The molecule has 1 amide bonds. The van der Waals surface area contributed by atoms with Gasteiger partial charge in [0.2, 0.25) is 5.60 Å². The maximum Gasteiger partial charge on any atom is 0.281 e. The van der Waals surface area contributed by atoms with Gasteiger partial charge in [-0.2, -0.15) is 0 Å². The highest BCUT2D eigenvalue weighted by Gasteiger charge is 2.54. The summed E-state index contributed by atoms with van der Waals surface area (Å²) in [6, 6.07) is 12.5. The molecule has 2 atom stereocenters. The topological polar surface area (TPSA) is 49.8 Å². The Bertz CT molecular complexity index is 791. The summed E-state index contributed by atoms with van der Waals surface area (Å²) in [6.07, 6.45) is -1.28. The van der Waals surface area contributed by atoms with Gasteiger partial charge in [-0.05, 0) is 55.9 Å². The van der Waals surface area contributed by atoms with Gasteiger partial charge in [0.25, 0.3) is 11.1 Å². The lowest BCUT2D eigenvalue weighted by Crippen LogP contribution is -2.43. The van der Waals surface area contributed by atoms with Gasteiger partial charge < -0.3 is 9.84 Å². The second kappa shape index (κ2) is 5.96. The Kier molecular flexibility index (Phi) is 4.11. The van der Waals surface area contributed by atoms with E-state index >= 15 is 0 Å². The summed E-state index contributed by atoms with van der Waals surface area (Å²) in [6.45, 7) is 3.41. The van der Waals surface area contributed by atoms with Crippen molar-refractivity contribution < 1.29 is 19.0 Å². The number of thiocarbonyl (C=S) groups is 1. The lowest BCUT2D eigenvalue weighted by Gasteiger charge is -2.26. The molecule has 0 radical (unpaired) electrons. The van der Waals surface area contributed by atoms with Gasteiger partial charge in [0.05, 0.1) is 5.69 Å². The SMILES string of the molecule is Cc1ccc(N2C(=O)C(C)(C(O)c3ccc(F)cc3)OC2=S)cc1. The monoisotopic (exact) mass is 345 g/mol. The number of rotatable bonds is 3. The largest absolute Gasteiger partial charge is 0.451 e. The van der Waals surface area contributed by atoms with Crippen LogP contribution in [0.1, 0.15) is 24.2 Å². The summed E-state index contributed by atoms with van der Waals surface area (Å²) in [7, 11) is 0. The highest BCUT2D eigenvalue weighted by atomic mass is 32.1. The molecule has 24 heavy (non-hydrogen) atoms. The van der Waals surface area contributed by atoms with Crippen molar-refractivity contribution in [3.05, 3.63) is 65.5 Å². The molecule has 0 aromatic heterocycles. The summed E-state index contributed by atoms with van der Waals surface area (Å²) in [5.41, 5.74) is 0.428. The second-order valence-electron chi connectivity index (χ2n) is 5.91. The first-order valence-corrected chi connectivity index (χ1v) is 7.81. The number of carbonyl (C=O) groups is 1. The molecule has 1 aliphatic rings. The number of hydrogen-bond donors (Lipinski definition) is 1. The van der Waals surface area contributed by atoms with E-state index in [1.54, 1.807) is 12.1 Å². The summed E-state index contributed by atoms with van der Waals surface area (Å²) in [5.74, 6) is -0.889. The van der Waals surface area contributed by atoms with Crippen LogP contribution in [-0.4, -0.2) is 21.8 Å². The van der Waals surface area contributed by atoms with Crippen molar-refractivity contribution in [1.29, 1.82) is 0 Å². The number of hydrogen-bond acceptors (Lipinski definition) is 4. The maximum atomic E-state index is 13.1. The van der Waals surface area contributed by atoms with E-state index in [0.29, 0.717) is 11.3 Å². The Morgan fingerprint density at radius 3 is 2.33 bits per heavy atom. The van der Waals surface area contributed by atoms with Crippen molar-refractivity contribution in [2.24, 2.45) is 0 Å². The van der Waals surface area contributed by atoms with E-state index in [2.05, 4.69) is 0 Å². The average Bonchev–Trinajstić information content (AvgIpc) is 2.79. The molecular weight excluding hydrogens is 329 g/mol. The van der Waals surface area contributed by atoms with Crippen molar-refractivity contribution in [3.63, 3.8) is 0 Å². The predicted octanol–water partition coefficient (Wildman–Crippen LogP) is 3.27. The standard InChI is InChI=1S/C18H16FNO3S/c1-11-3-9-14(10-4-11)20-16(22)18(2,23-17(20)24)15(21)12-5-7-13(19)8-6-12/h3-10,15,21H,1-2H3. The van der Waals surface area contributed by atoms with E-state index in [-0.39, 0.29) is 5.17 Å². The third kappa shape index (κ3) is 2.68. The van der Waals surface area contributed by atoms with E-state index in [0.717, 1.165) is 5.56 Å². The quantitative estimate of drug-likeness (QED) is 0.868. The lowest BCUT2D eigenvalue weighted by atomic mass is 9.92. The van der Waals surface area contributed by atoms with E-state index < -0.39 is 23.4 Å². The Labute approximate surface area is 144 Å². The van der Waals surface area contributed by atoms with E-state index in [4.69, 9.17) is 17.0 Å². The first kappa shape index (κ1) is 16.5. The zero-order valence-corrected chi connectivity index (χ0v) is 14.0. The molecule has 2 unspecified atom stereocenters. The third-order valence-corrected chi connectivity index (χ3v) is 4.38. The predicted molar refractivity (Wildman–Crippen MR) is 92.1 cm³/mol. The smallest absolute Gasteiger partial charge is 0.281 e. The van der Waals surface area contributed by atoms with Crippen molar-refractivity contribution >= 4 is 29.0 Å². The number of aryl methyl sites for hydroxylation is 1. The summed E-state index contributed by atoms with van der Waals surface area (Å²) in [5, 5.41) is 10.6. The highest BCUT2D eigenvalue weighted by Crippen LogP contribution is 2.38.